The van der Waals surface area contributed by atoms with E-state index in [4.69, 9.17) is 4.74 Å². The molecule has 0 aliphatic rings. The van der Waals surface area contributed by atoms with Crippen molar-refractivity contribution in [2.75, 3.05) is 32.7 Å². The zero-order valence-electron chi connectivity index (χ0n) is 13.8. The van der Waals surface area contributed by atoms with Gasteiger partial charge in [0.1, 0.15) is 5.41 Å². The molecule has 0 saturated heterocycles. The first-order valence-electron chi connectivity index (χ1n) is 7.10. The number of carbonyl (C=O) groups is 3. The van der Waals surface area contributed by atoms with E-state index in [9.17, 15) is 14.4 Å². The van der Waals surface area contributed by atoms with Gasteiger partial charge in [0.25, 0.3) is 0 Å². The number of anilines is 1. The third kappa shape index (κ3) is 4.79. The van der Waals surface area contributed by atoms with Gasteiger partial charge < -0.3 is 20.1 Å². The number of esters is 1. The fourth-order valence-electron chi connectivity index (χ4n) is 1.75. The van der Waals surface area contributed by atoms with Gasteiger partial charge in [-0.25, -0.2) is 4.79 Å². The normalized spacial score (nSPS) is 10.8. The van der Waals surface area contributed by atoms with Crippen LogP contribution < -0.4 is 10.6 Å². The summed E-state index contributed by atoms with van der Waals surface area (Å²) in [5, 5.41) is 5.23. The summed E-state index contributed by atoms with van der Waals surface area (Å²) in [4.78, 5) is 36.3. The number of methoxy groups -OCH3 is 2. The number of amides is 2. The molecule has 0 heterocycles. The Kier molecular flexibility index (Phi) is 6.71. The lowest BCUT2D eigenvalue weighted by Crippen LogP contribution is -2.46. The summed E-state index contributed by atoms with van der Waals surface area (Å²) in [6.07, 6.45) is 0. The highest BCUT2D eigenvalue weighted by Gasteiger charge is 2.36. The molecule has 0 spiro atoms. The van der Waals surface area contributed by atoms with Crippen LogP contribution in [0.25, 0.3) is 0 Å². The second-order valence-electron chi connectivity index (χ2n) is 5.36. The van der Waals surface area contributed by atoms with Gasteiger partial charge in [0, 0.05) is 13.7 Å². The summed E-state index contributed by atoms with van der Waals surface area (Å²) in [6.45, 7) is 3.68. The molecular formula is C16H22N2O5. The number of rotatable bonds is 7. The van der Waals surface area contributed by atoms with Gasteiger partial charge in [-0.2, -0.15) is 0 Å². The Labute approximate surface area is 135 Å². The van der Waals surface area contributed by atoms with Crippen molar-refractivity contribution in [3.8, 4) is 0 Å². The van der Waals surface area contributed by atoms with Crippen molar-refractivity contribution in [3.63, 3.8) is 0 Å². The van der Waals surface area contributed by atoms with Crippen LogP contribution in [0.2, 0.25) is 0 Å². The molecule has 0 atom stereocenters. The van der Waals surface area contributed by atoms with Gasteiger partial charge in [-0.3, -0.25) is 9.59 Å². The van der Waals surface area contributed by atoms with E-state index < -0.39 is 23.2 Å². The molecule has 0 aliphatic heterocycles. The minimum atomic E-state index is -1.31. The molecule has 2 amide bonds. The van der Waals surface area contributed by atoms with E-state index in [-0.39, 0.29) is 5.56 Å². The molecule has 0 fully saturated rings. The average molecular weight is 322 g/mol. The lowest BCUT2D eigenvalue weighted by molar-refractivity contribution is -0.138. The summed E-state index contributed by atoms with van der Waals surface area (Å²) in [5.74, 6) is -1.52. The van der Waals surface area contributed by atoms with E-state index in [2.05, 4.69) is 15.4 Å². The molecule has 7 nitrogen and oxygen atoms in total. The monoisotopic (exact) mass is 322 g/mol. The lowest BCUT2D eigenvalue weighted by atomic mass is 9.90. The Bertz CT molecular complexity index is 584. The van der Waals surface area contributed by atoms with E-state index in [1.165, 1.54) is 34.1 Å². The number of benzene rings is 1. The summed E-state index contributed by atoms with van der Waals surface area (Å²) in [6, 6.07) is 6.44. The maximum Gasteiger partial charge on any atom is 0.339 e. The van der Waals surface area contributed by atoms with Crippen molar-refractivity contribution in [1.29, 1.82) is 0 Å². The standard InChI is InChI=1S/C16H22N2O5/c1-16(2,14(20)17-9-10-22-3)15(21)18-12-8-6-5-7-11(12)13(19)23-4/h5-8H,9-10H2,1-4H3,(H,17,20)(H,18,21). The van der Waals surface area contributed by atoms with Crippen molar-refractivity contribution >= 4 is 23.5 Å². The Morgan fingerprint density at radius 3 is 2.35 bits per heavy atom. The first kappa shape index (κ1) is 18.6. The molecular weight excluding hydrogens is 300 g/mol. The van der Waals surface area contributed by atoms with Crippen molar-refractivity contribution in [3.05, 3.63) is 29.8 Å². The second-order valence-corrected chi connectivity index (χ2v) is 5.36. The molecule has 1 aromatic rings. The van der Waals surface area contributed by atoms with Crippen LogP contribution in [-0.4, -0.2) is 45.2 Å². The predicted octanol–water partition coefficient (Wildman–Crippen LogP) is 1.20. The van der Waals surface area contributed by atoms with Gasteiger partial charge >= 0.3 is 5.97 Å². The van der Waals surface area contributed by atoms with Crippen molar-refractivity contribution in [2.45, 2.75) is 13.8 Å². The Balaban J connectivity index is 2.86. The zero-order valence-corrected chi connectivity index (χ0v) is 13.8. The highest BCUT2D eigenvalue weighted by atomic mass is 16.5. The Morgan fingerprint density at radius 2 is 1.74 bits per heavy atom. The first-order valence-corrected chi connectivity index (χ1v) is 7.10. The van der Waals surface area contributed by atoms with Gasteiger partial charge in [-0.05, 0) is 26.0 Å². The number of carbonyl (C=O) groups excluding carboxylic acids is 3. The number of ether oxygens (including phenoxy) is 2. The largest absolute Gasteiger partial charge is 0.465 e. The van der Waals surface area contributed by atoms with Gasteiger partial charge in [0.15, 0.2) is 0 Å². The molecule has 0 saturated carbocycles. The Hall–Kier alpha value is -2.41. The van der Waals surface area contributed by atoms with Crippen LogP contribution in [0.3, 0.4) is 0 Å². The number of para-hydroxylation sites is 1. The predicted molar refractivity (Wildman–Crippen MR) is 85.1 cm³/mol. The molecule has 1 rings (SSSR count). The van der Waals surface area contributed by atoms with Crippen LogP contribution in [0.1, 0.15) is 24.2 Å². The van der Waals surface area contributed by atoms with Crippen LogP contribution in [0.4, 0.5) is 5.69 Å². The molecule has 0 radical (unpaired) electrons. The SMILES string of the molecule is COCCNC(=O)C(C)(C)C(=O)Nc1ccccc1C(=O)OC. The van der Waals surface area contributed by atoms with Crippen molar-refractivity contribution in [2.24, 2.45) is 5.41 Å². The minimum absolute atomic E-state index is 0.221. The van der Waals surface area contributed by atoms with Crippen LogP contribution in [0.15, 0.2) is 24.3 Å². The summed E-state index contributed by atoms with van der Waals surface area (Å²) in [7, 11) is 2.78. The summed E-state index contributed by atoms with van der Waals surface area (Å²) >= 11 is 0. The summed E-state index contributed by atoms with van der Waals surface area (Å²) < 4.78 is 9.52. The fourth-order valence-corrected chi connectivity index (χ4v) is 1.75. The Morgan fingerprint density at radius 1 is 1.09 bits per heavy atom. The molecule has 126 valence electrons. The maximum atomic E-state index is 12.4. The van der Waals surface area contributed by atoms with E-state index in [0.29, 0.717) is 18.8 Å². The van der Waals surface area contributed by atoms with Gasteiger partial charge in [0.2, 0.25) is 11.8 Å². The van der Waals surface area contributed by atoms with E-state index in [1.807, 2.05) is 0 Å². The molecule has 0 unspecified atom stereocenters. The van der Waals surface area contributed by atoms with Crippen molar-refractivity contribution < 1.29 is 23.9 Å². The van der Waals surface area contributed by atoms with Crippen LogP contribution in [0.5, 0.6) is 0 Å². The molecule has 2 N–H and O–H groups in total. The molecule has 0 bridgehead atoms. The van der Waals surface area contributed by atoms with Crippen molar-refractivity contribution in [1.82, 2.24) is 5.32 Å². The molecule has 0 aliphatic carbocycles. The summed E-state index contributed by atoms with van der Waals surface area (Å²) in [5.41, 5.74) is -0.794. The minimum Gasteiger partial charge on any atom is -0.465 e. The second kappa shape index (κ2) is 8.28. The van der Waals surface area contributed by atoms with Crippen LogP contribution in [-0.2, 0) is 19.1 Å². The highest BCUT2D eigenvalue weighted by molar-refractivity contribution is 6.11. The maximum absolute atomic E-state index is 12.4. The average Bonchev–Trinajstić information content (AvgIpc) is 2.54. The molecule has 0 aromatic heterocycles. The number of hydrogen-bond donors (Lipinski definition) is 2. The fraction of sp³-hybridized carbons (Fsp3) is 0.438. The molecule has 1 aromatic carbocycles. The van der Waals surface area contributed by atoms with E-state index >= 15 is 0 Å². The smallest absolute Gasteiger partial charge is 0.339 e. The molecule has 23 heavy (non-hydrogen) atoms. The molecule has 7 heteroatoms. The third-order valence-corrected chi connectivity index (χ3v) is 3.31. The lowest BCUT2D eigenvalue weighted by Gasteiger charge is -2.23. The third-order valence-electron chi connectivity index (χ3n) is 3.31. The zero-order chi connectivity index (χ0) is 17.5. The van der Waals surface area contributed by atoms with Crippen LogP contribution in [0, 0.1) is 5.41 Å². The highest BCUT2D eigenvalue weighted by Crippen LogP contribution is 2.22. The van der Waals surface area contributed by atoms with Gasteiger partial charge in [-0.1, -0.05) is 12.1 Å². The van der Waals surface area contributed by atoms with Gasteiger partial charge in [0.05, 0.1) is 25.0 Å². The topological polar surface area (TPSA) is 93.7 Å². The van der Waals surface area contributed by atoms with Crippen LogP contribution >= 0.6 is 0 Å². The van der Waals surface area contributed by atoms with E-state index in [0.717, 1.165) is 0 Å². The number of hydrogen-bond acceptors (Lipinski definition) is 5. The first-order chi connectivity index (χ1) is 10.8. The van der Waals surface area contributed by atoms with Gasteiger partial charge in [-0.15, -0.1) is 0 Å². The number of nitrogens with one attached hydrogen (secondary N) is 2. The van der Waals surface area contributed by atoms with E-state index in [1.54, 1.807) is 18.2 Å². The quantitative estimate of drug-likeness (QED) is 0.447.